The van der Waals surface area contributed by atoms with E-state index in [1.54, 1.807) is 0 Å². The number of nitrogens with two attached hydrogens (primary N) is 1. The number of thiazole rings is 1. The molecular formula is C12H14N2O2S2. The van der Waals surface area contributed by atoms with Crippen molar-refractivity contribution in [3.8, 4) is 10.6 Å². The Labute approximate surface area is 110 Å². The Morgan fingerprint density at radius 3 is 2.78 bits per heavy atom. The molecule has 1 heterocycles. The van der Waals surface area contributed by atoms with Crippen molar-refractivity contribution >= 4 is 21.2 Å². The quantitative estimate of drug-likeness (QED) is 0.928. The molecule has 0 amide bonds. The van der Waals surface area contributed by atoms with E-state index in [0.717, 1.165) is 21.8 Å². The number of aromatic nitrogens is 1. The van der Waals surface area contributed by atoms with Crippen LogP contribution in [0.3, 0.4) is 0 Å². The number of hydrogen-bond acceptors (Lipinski definition) is 5. The van der Waals surface area contributed by atoms with Gasteiger partial charge in [-0.2, -0.15) is 0 Å². The van der Waals surface area contributed by atoms with Crippen molar-refractivity contribution in [3.63, 3.8) is 0 Å². The van der Waals surface area contributed by atoms with E-state index in [0.29, 0.717) is 6.54 Å². The minimum Gasteiger partial charge on any atom is -0.325 e. The van der Waals surface area contributed by atoms with E-state index in [1.165, 1.54) is 17.6 Å². The van der Waals surface area contributed by atoms with Gasteiger partial charge in [0.2, 0.25) is 0 Å². The molecular weight excluding hydrogens is 268 g/mol. The Balaban J connectivity index is 2.32. The monoisotopic (exact) mass is 282 g/mol. The van der Waals surface area contributed by atoms with E-state index in [2.05, 4.69) is 4.98 Å². The summed E-state index contributed by atoms with van der Waals surface area (Å²) in [5.74, 6) is 0.0515. The second-order valence-electron chi connectivity index (χ2n) is 4.12. The topological polar surface area (TPSA) is 73.0 Å². The first-order valence-corrected chi connectivity index (χ1v) is 8.33. The van der Waals surface area contributed by atoms with E-state index in [1.807, 2.05) is 29.6 Å². The first-order valence-electron chi connectivity index (χ1n) is 5.39. The summed E-state index contributed by atoms with van der Waals surface area (Å²) < 4.78 is 22.5. The van der Waals surface area contributed by atoms with Crippen molar-refractivity contribution in [2.45, 2.75) is 12.3 Å². The first-order chi connectivity index (χ1) is 8.48. The van der Waals surface area contributed by atoms with Crippen LogP contribution < -0.4 is 5.73 Å². The van der Waals surface area contributed by atoms with Crippen LogP contribution in [0, 0.1) is 0 Å². The number of hydrogen-bond donors (Lipinski definition) is 1. The third-order valence-electron chi connectivity index (χ3n) is 2.36. The van der Waals surface area contributed by atoms with E-state index < -0.39 is 9.84 Å². The largest absolute Gasteiger partial charge is 0.325 e. The Kier molecular flexibility index (Phi) is 3.79. The van der Waals surface area contributed by atoms with Gasteiger partial charge in [0.05, 0.1) is 11.4 Å². The van der Waals surface area contributed by atoms with Gasteiger partial charge in [-0.25, -0.2) is 13.4 Å². The molecule has 18 heavy (non-hydrogen) atoms. The standard InChI is InChI=1S/C12H14N2O2S2/c1-18(15,16)8-9-3-2-4-10(5-9)12-14-11(6-13)7-17-12/h2-5,7H,6,8,13H2,1H3. The zero-order chi connectivity index (χ0) is 13.2. The van der Waals surface area contributed by atoms with E-state index >= 15 is 0 Å². The fourth-order valence-electron chi connectivity index (χ4n) is 1.63. The summed E-state index contributed by atoms with van der Waals surface area (Å²) in [5.41, 5.74) is 8.08. The Morgan fingerprint density at radius 2 is 2.17 bits per heavy atom. The fraction of sp³-hybridized carbons (Fsp3) is 0.250. The molecule has 2 rings (SSSR count). The van der Waals surface area contributed by atoms with Crippen molar-refractivity contribution in [3.05, 3.63) is 40.9 Å². The molecule has 6 heteroatoms. The average molecular weight is 282 g/mol. The Bertz CT molecular complexity index is 648. The van der Waals surface area contributed by atoms with Crippen LogP contribution in [0.15, 0.2) is 29.6 Å². The van der Waals surface area contributed by atoms with Gasteiger partial charge in [-0.3, -0.25) is 0 Å². The van der Waals surface area contributed by atoms with Gasteiger partial charge in [-0.05, 0) is 11.6 Å². The number of rotatable bonds is 4. The molecule has 0 aliphatic heterocycles. The lowest BCUT2D eigenvalue weighted by atomic mass is 10.1. The molecule has 0 fully saturated rings. The molecule has 2 aromatic rings. The van der Waals surface area contributed by atoms with Gasteiger partial charge < -0.3 is 5.73 Å². The Hall–Kier alpha value is -1.24. The predicted molar refractivity (Wildman–Crippen MR) is 74.0 cm³/mol. The summed E-state index contributed by atoms with van der Waals surface area (Å²) in [6, 6.07) is 7.44. The maximum absolute atomic E-state index is 11.3. The molecule has 0 aliphatic carbocycles. The molecule has 0 unspecified atom stereocenters. The molecule has 1 aromatic carbocycles. The Morgan fingerprint density at radius 1 is 1.39 bits per heavy atom. The van der Waals surface area contributed by atoms with Crippen LogP contribution in [-0.2, 0) is 22.1 Å². The minimum atomic E-state index is -3.01. The number of nitrogens with zero attached hydrogens (tertiary/aromatic N) is 1. The van der Waals surface area contributed by atoms with Gasteiger partial charge in [0.25, 0.3) is 0 Å². The molecule has 4 nitrogen and oxygen atoms in total. The van der Waals surface area contributed by atoms with Gasteiger partial charge >= 0.3 is 0 Å². The third-order valence-corrected chi connectivity index (χ3v) is 4.16. The molecule has 0 bridgehead atoms. The zero-order valence-corrected chi connectivity index (χ0v) is 11.6. The van der Waals surface area contributed by atoms with Gasteiger partial charge in [-0.1, -0.05) is 18.2 Å². The van der Waals surface area contributed by atoms with E-state index in [4.69, 9.17) is 5.73 Å². The first kappa shape index (κ1) is 13.2. The summed E-state index contributed by atoms with van der Waals surface area (Å²) >= 11 is 1.51. The van der Waals surface area contributed by atoms with Gasteiger partial charge in [-0.15, -0.1) is 11.3 Å². The van der Waals surface area contributed by atoms with E-state index in [9.17, 15) is 8.42 Å². The van der Waals surface area contributed by atoms with Crippen LogP contribution in [0.1, 0.15) is 11.3 Å². The maximum Gasteiger partial charge on any atom is 0.151 e. The van der Waals surface area contributed by atoms with Crippen LogP contribution in [0.4, 0.5) is 0 Å². The van der Waals surface area contributed by atoms with Crippen LogP contribution in [0.5, 0.6) is 0 Å². The molecule has 0 aliphatic rings. The van der Waals surface area contributed by atoms with Gasteiger partial charge in [0.1, 0.15) is 5.01 Å². The fourth-order valence-corrected chi connectivity index (χ4v) is 3.24. The van der Waals surface area contributed by atoms with Crippen molar-refractivity contribution in [2.24, 2.45) is 5.73 Å². The lowest BCUT2D eigenvalue weighted by Gasteiger charge is -2.02. The van der Waals surface area contributed by atoms with Gasteiger partial charge in [0, 0.05) is 23.7 Å². The molecule has 0 saturated carbocycles. The van der Waals surface area contributed by atoms with E-state index in [-0.39, 0.29) is 5.75 Å². The molecule has 2 N–H and O–H groups in total. The maximum atomic E-state index is 11.3. The summed E-state index contributed by atoms with van der Waals surface area (Å²) in [5, 5.41) is 2.78. The predicted octanol–water partition coefficient (Wildman–Crippen LogP) is 1.81. The van der Waals surface area contributed by atoms with Crippen molar-refractivity contribution in [1.29, 1.82) is 0 Å². The highest BCUT2D eigenvalue weighted by molar-refractivity contribution is 7.89. The number of benzene rings is 1. The molecule has 0 radical (unpaired) electrons. The van der Waals surface area contributed by atoms with Crippen molar-refractivity contribution in [2.75, 3.05) is 6.26 Å². The SMILES string of the molecule is CS(=O)(=O)Cc1cccc(-c2nc(CN)cs2)c1. The summed E-state index contributed by atoms with van der Waals surface area (Å²) in [4.78, 5) is 4.38. The molecule has 0 spiro atoms. The van der Waals surface area contributed by atoms with Crippen molar-refractivity contribution in [1.82, 2.24) is 4.98 Å². The van der Waals surface area contributed by atoms with Crippen molar-refractivity contribution < 1.29 is 8.42 Å². The molecule has 96 valence electrons. The summed E-state index contributed by atoms with van der Waals surface area (Å²) in [6.45, 7) is 0.416. The third kappa shape index (κ3) is 3.38. The molecule has 0 saturated heterocycles. The van der Waals surface area contributed by atoms with Crippen LogP contribution in [-0.4, -0.2) is 19.7 Å². The summed E-state index contributed by atoms with van der Waals surface area (Å²) in [7, 11) is -3.01. The lowest BCUT2D eigenvalue weighted by Crippen LogP contribution is -2.00. The molecule has 0 atom stereocenters. The highest BCUT2D eigenvalue weighted by Gasteiger charge is 2.08. The average Bonchev–Trinajstić information content (AvgIpc) is 2.75. The smallest absolute Gasteiger partial charge is 0.151 e. The normalized spacial score (nSPS) is 11.7. The second kappa shape index (κ2) is 5.17. The lowest BCUT2D eigenvalue weighted by molar-refractivity contribution is 0.601. The molecule has 1 aromatic heterocycles. The summed E-state index contributed by atoms with van der Waals surface area (Å²) in [6.07, 6.45) is 1.23. The van der Waals surface area contributed by atoms with Crippen LogP contribution in [0.25, 0.3) is 10.6 Å². The highest BCUT2D eigenvalue weighted by atomic mass is 32.2. The van der Waals surface area contributed by atoms with Crippen LogP contribution >= 0.6 is 11.3 Å². The highest BCUT2D eigenvalue weighted by Crippen LogP contribution is 2.24. The number of sulfone groups is 1. The minimum absolute atomic E-state index is 0.0515. The van der Waals surface area contributed by atoms with Crippen LogP contribution in [0.2, 0.25) is 0 Å². The zero-order valence-electron chi connectivity index (χ0n) is 9.96. The second-order valence-corrected chi connectivity index (χ2v) is 7.12. The van der Waals surface area contributed by atoms with Gasteiger partial charge in [0.15, 0.2) is 9.84 Å².